The van der Waals surface area contributed by atoms with Crippen molar-refractivity contribution in [1.82, 2.24) is 4.90 Å². The number of amides is 1. The van der Waals surface area contributed by atoms with Crippen LogP contribution in [0.2, 0.25) is 0 Å². The highest BCUT2D eigenvalue weighted by atomic mass is 16.7. The molecule has 2 aliphatic heterocycles. The van der Waals surface area contributed by atoms with Gasteiger partial charge in [0.25, 0.3) is 0 Å². The SMILES string of the molecule is O=C1C[C@@H](O[C@H]2O[C@H](CO)[C@@H](O)[C@H](O)[C@@H]2O)CN1Cc1ccccc1. The summed E-state index contributed by atoms with van der Waals surface area (Å²) in [5.41, 5.74) is 1.00. The molecule has 8 heteroatoms. The predicted molar refractivity (Wildman–Crippen MR) is 85.1 cm³/mol. The normalized spacial score (nSPS) is 36.0. The van der Waals surface area contributed by atoms with E-state index in [-0.39, 0.29) is 12.3 Å². The smallest absolute Gasteiger partial charge is 0.225 e. The quantitative estimate of drug-likeness (QED) is 0.514. The van der Waals surface area contributed by atoms with Gasteiger partial charge in [-0.2, -0.15) is 0 Å². The van der Waals surface area contributed by atoms with E-state index < -0.39 is 43.4 Å². The summed E-state index contributed by atoms with van der Waals surface area (Å²) in [4.78, 5) is 13.8. The molecule has 0 saturated carbocycles. The van der Waals surface area contributed by atoms with Gasteiger partial charge >= 0.3 is 0 Å². The molecule has 0 spiro atoms. The summed E-state index contributed by atoms with van der Waals surface area (Å²) >= 11 is 0. The molecule has 138 valence electrons. The van der Waals surface area contributed by atoms with Crippen LogP contribution in [0.3, 0.4) is 0 Å². The number of benzene rings is 1. The molecule has 2 saturated heterocycles. The van der Waals surface area contributed by atoms with Gasteiger partial charge in [-0.15, -0.1) is 0 Å². The Kier molecular flexibility index (Phi) is 5.67. The van der Waals surface area contributed by atoms with Crippen LogP contribution in [-0.2, 0) is 20.8 Å². The first-order valence-corrected chi connectivity index (χ1v) is 8.27. The Morgan fingerprint density at radius 1 is 1.12 bits per heavy atom. The van der Waals surface area contributed by atoms with Crippen LogP contribution in [0.4, 0.5) is 0 Å². The van der Waals surface area contributed by atoms with Crippen LogP contribution < -0.4 is 0 Å². The van der Waals surface area contributed by atoms with Crippen LogP contribution in [0, 0.1) is 0 Å². The molecule has 25 heavy (non-hydrogen) atoms. The molecule has 2 heterocycles. The number of carbonyl (C=O) groups is 1. The molecule has 2 aliphatic rings. The van der Waals surface area contributed by atoms with Crippen molar-refractivity contribution in [2.45, 2.75) is 49.8 Å². The fourth-order valence-corrected chi connectivity index (χ4v) is 3.15. The molecular formula is C17H23NO7. The Labute approximate surface area is 145 Å². The first-order valence-electron chi connectivity index (χ1n) is 8.27. The van der Waals surface area contributed by atoms with E-state index in [1.165, 1.54) is 0 Å². The maximum absolute atomic E-state index is 12.2. The second-order valence-corrected chi connectivity index (χ2v) is 6.42. The molecule has 3 rings (SSSR count). The average Bonchev–Trinajstić information content (AvgIpc) is 2.95. The highest BCUT2D eigenvalue weighted by Gasteiger charge is 2.45. The van der Waals surface area contributed by atoms with Crippen molar-refractivity contribution in [3.63, 3.8) is 0 Å². The van der Waals surface area contributed by atoms with Crippen LogP contribution in [-0.4, -0.2) is 81.2 Å². The summed E-state index contributed by atoms with van der Waals surface area (Å²) in [5.74, 6) is -0.0709. The summed E-state index contributed by atoms with van der Waals surface area (Å²) < 4.78 is 11.0. The number of likely N-dealkylation sites (tertiary alicyclic amines) is 1. The second-order valence-electron chi connectivity index (χ2n) is 6.42. The molecule has 1 amide bonds. The van der Waals surface area contributed by atoms with Gasteiger partial charge in [-0.3, -0.25) is 4.79 Å². The first kappa shape index (κ1) is 18.2. The minimum absolute atomic E-state index is 0.0709. The van der Waals surface area contributed by atoms with Gasteiger partial charge in [0.1, 0.15) is 24.4 Å². The van der Waals surface area contributed by atoms with Crippen LogP contribution in [0.25, 0.3) is 0 Å². The number of aliphatic hydroxyl groups is 4. The zero-order valence-electron chi connectivity index (χ0n) is 13.6. The lowest BCUT2D eigenvalue weighted by molar-refractivity contribution is -0.310. The summed E-state index contributed by atoms with van der Waals surface area (Å²) in [6, 6.07) is 9.56. The Morgan fingerprint density at radius 3 is 2.52 bits per heavy atom. The number of carbonyl (C=O) groups excluding carboxylic acids is 1. The third-order valence-electron chi connectivity index (χ3n) is 4.57. The van der Waals surface area contributed by atoms with Crippen molar-refractivity contribution in [3.8, 4) is 0 Å². The standard InChI is InChI=1S/C17H23NO7/c19-9-12-14(21)15(22)16(23)17(25-12)24-11-6-13(20)18(8-11)7-10-4-2-1-3-5-10/h1-5,11-12,14-17,19,21-23H,6-9H2/t11-,12-,14-,15+,16+,17+/m1/s1. The molecule has 0 aliphatic carbocycles. The monoisotopic (exact) mass is 353 g/mol. The topological polar surface area (TPSA) is 120 Å². The molecule has 0 radical (unpaired) electrons. The Hall–Kier alpha value is -1.55. The van der Waals surface area contributed by atoms with Crippen molar-refractivity contribution in [2.75, 3.05) is 13.2 Å². The molecule has 0 aromatic heterocycles. The number of aliphatic hydroxyl groups excluding tert-OH is 4. The van der Waals surface area contributed by atoms with E-state index >= 15 is 0 Å². The second kappa shape index (κ2) is 7.77. The number of hydrogen-bond acceptors (Lipinski definition) is 7. The third-order valence-corrected chi connectivity index (χ3v) is 4.57. The molecule has 4 N–H and O–H groups in total. The summed E-state index contributed by atoms with van der Waals surface area (Å²) in [6.07, 6.45) is -6.99. The van der Waals surface area contributed by atoms with Crippen molar-refractivity contribution >= 4 is 5.91 Å². The maximum atomic E-state index is 12.2. The van der Waals surface area contributed by atoms with Crippen molar-refractivity contribution in [3.05, 3.63) is 35.9 Å². The zero-order chi connectivity index (χ0) is 18.0. The lowest BCUT2D eigenvalue weighted by Crippen LogP contribution is -2.59. The summed E-state index contributed by atoms with van der Waals surface area (Å²) in [6.45, 7) is 0.283. The third kappa shape index (κ3) is 4.00. The lowest BCUT2D eigenvalue weighted by Gasteiger charge is -2.40. The van der Waals surface area contributed by atoms with Gasteiger partial charge < -0.3 is 34.8 Å². The van der Waals surface area contributed by atoms with Gasteiger partial charge in [0.2, 0.25) is 5.91 Å². The fraction of sp³-hybridized carbons (Fsp3) is 0.588. The Bertz CT molecular complexity index is 582. The number of nitrogens with zero attached hydrogens (tertiary/aromatic N) is 1. The largest absolute Gasteiger partial charge is 0.394 e. The van der Waals surface area contributed by atoms with Crippen molar-refractivity contribution in [2.24, 2.45) is 0 Å². The molecule has 1 aromatic carbocycles. The molecule has 2 fully saturated rings. The Morgan fingerprint density at radius 2 is 1.84 bits per heavy atom. The van der Waals surface area contributed by atoms with E-state index in [0.29, 0.717) is 13.1 Å². The van der Waals surface area contributed by atoms with Crippen molar-refractivity contribution in [1.29, 1.82) is 0 Å². The first-order chi connectivity index (χ1) is 12.0. The highest BCUT2D eigenvalue weighted by Crippen LogP contribution is 2.26. The molecule has 0 unspecified atom stereocenters. The number of ether oxygens (including phenoxy) is 2. The van der Waals surface area contributed by atoms with Gasteiger partial charge in [-0.1, -0.05) is 30.3 Å². The molecule has 0 bridgehead atoms. The maximum Gasteiger partial charge on any atom is 0.225 e. The number of hydrogen-bond donors (Lipinski definition) is 4. The van der Waals surface area contributed by atoms with E-state index in [1.807, 2.05) is 30.3 Å². The molecule has 6 atom stereocenters. The minimum atomic E-state index is -1.49. The van der Waals surface area contributed by atoms with E-state index in [0.717, 1.165) is 5.56 Å². The van der Waals surface area contributed by atoms with Crippen LogP contribution >= 0.6 is 0 Å². The van der Waals surface area contributed by atoms with Crippen LogP contribution in [0.5, 0.6) is 0 Å². The molecular weight excluding hydrogens is 330 g/mol. The van der Waals surface area contributed by atoms with Crippen LogP contribution in [0.15, 0.2) is 30.3 Å². The summed E-state index contributed by atoms with van der Waals surface area (Å²) in [7, 11) is 0. The van der Waals surface area contributed by atoms with Gasteiger partial charge in [0.15, 0.2) is 6.29 Å². The minimum Gasteiger partial charge on any atom is -0.394 e. The summed E-state index contributed by atoms with van der Waals surface area (Å²) in [5, 5.41) is 38.8. The van der Waals surface area contributed by atoms with Crippen molar-refractivity contribution < 1.29 is 34.7 Å². The van der Waals surface area contributed by atoms with Crippen LogP contribution in [0.1, 0.15) is 12.0 Å². The molecule has 8 nitrogen and oxygen atoms in total. The fourth-order valence-electron chi connectivity index (χ4n) is 3.15. The van der Waals surface area contributed by atoms with E-state index in [9.17, 15) is 25.2 Å². The predicted octanol–water partition coefficient (Wildman–Crippen LogP) is -1.40. The van der Waals surface area contributed by atoms with Gasteiger partial charge in [0, 0.05) is 13.1 Å². The average molecular weight is 353 g/mol. The number of rotatable bonds is 5. The van der Waals surface area contributed by atoms with Gasteiger partial charge in [-0.25, -0.2) is 0 Å². The van der Waals surface area contributed by atoms with E-state index in [2.05, 4.69) is 0 Å². The van der Waals surface area contributed by atoms with E-state index in [4.69, 9.17) is 9.47 Å². The lowest BCUT2D eigenvalue weighted by atomic mass is 9.99. The highest BCUT2D eigenvalue weighted by molar-refractivity contribution is 5.79. The van der Waals surface area contributed by atoms with Gasteiger partial charge in [-0.05, 0) is 5.56 Å². The molecule has 1 aromatic rings. The Balaban J connectivity index is 1.59. The van der Waals surface area contributed by atoms with E-state index in [1.54, 1.807) is 4.90 Å². The van der Waals surface area contributed by atoms with Gasteiger partial charge in [0.05, 0.1) is 19.1 Å². The zero-order valence-corrected chi connectivity index (χ0v) is 13.6.